The fourth-order valence-corrected chi connectivity index (χ4v) is 4.95. The van der Waals surface area contributed by atoms with Gasteiger partial charge in [-0.3, -0.25) is 4.57 Å². The number of hydrogen-bond donors (Lipinski definition) is 0. The van der Waals surface area contributed by atoms with Crippen LogP contribution < -0.4 is 4.74 Å². The van der Waals surface area contributed by atoms with Crippen LogP contribution in [0.2, 0.25) is 0 Å². The van der Waals surface area contributed by atoms with Crippen LogP contribution in [0, 0.1) is 13.8 Å². The van der Waals surface area contributed by atoms with Crippen molar-refractivity contribution in [3.63, 3.8) is 0 Å². The lowest BCUT2D eigenvalue weighted by Crippen LogP contribution is -2.04. The van der Waals surface area contributed by atoms with Crippen LogP contribution in [0.3, 0.4) is 0 Å². The van der Waals surface area contributed by atoms with Crippen LogP contribution in [0.15, 0.2) is 114 Å². The van der Waals surface area contributed by atoms with E-state index in [1.807, 2.05) is 12.1 Å². The first-order valence-corrected chi connectivity index (χ1v) is 12.8. The van der Waals surface area contributed by atoms with Gasteiger partial charge in [0.2, 0.25) is 0 Å². The second-order valence-corrected chi connectivity index (χ2v) is 9.52. The lowest BCUT2D eigenvalue weighted by atomic mass is 10.0. The summed E-state index contributed by atoms with van der Waals surface area (Å²) in [6, 6.07) is 37.7. The van der Waals surface area contributed by atoms with Gasteiger partial charge in [-0.1, -0.05) is 103 Å². The minimum atomic E-state index is 0.609. The molecule has 5 rings (SSSR count). The van der Waals surface area contributed by atoms with E-state index in [1.54, 1.807) is 11.8 Å². The van der Waals surface area contributed by atoms with E-state index in [9.17, 15) is 0 Å². The van der Waals surface area contributed by atoms with Gasteiger partial charge in [-0.2, -0.15) is 0 Å². The van der Waals surface area contributed by atoms with Gasteiger partial charge in [-0.15, -0.1) is 0 Å². The summed E-state index contributed by atoms with van der Waals surface area (Å²) < 4.78 is 8.41. The van der Waals surface area contributed by atoms with Crippen LogP contribution in [0.25, 0.3) is 28.2 Å². The molecule has 0 amide bonds. The molecular weight excluding hydrogens is 448 g/mol. The van der Waals surface area contributed by atoms with E-state index in [0.29, 0.717) is 6.61 Å². The number of imidazole rings is 1. The number of rotatable bonds is 8. The third-order valence-electron chi connectivity index (χ3n) is 5.87. The van der Waals surface area contributed by atoms with E-state index >= 15 is 0 Å². The van der Waals surface area contributed by atoms with Crippen LogP contribution in [0.4, 0.5) is 0 Å². The normalized spacial score (nSPS) is 10.9. The van der Waals surface area contributed by atoms with Crippen molar-refractivity contribution in [3.05, 3.63) is 120 Å². The topological polar surface area (TPSA) is 27.1 Å². The van der Waals surface area contributed by atoms with Gasteiger partial charge >= 0.3 is 0 Å². The fraction of sp³-hybridized carbons (Fsp3) is 0.129. The predicted molar refractivity (Wildman–Crippen MR) is 147 cm³/mol. The first-order chi connectivity index (χ1) is 17.2. The smallest absolute Gasteiger partial charge is 0.173 e. The van der Waals surface area contributed by atoms with Crippen molar-refractivity contribution < 1.29 is 4.74 Å². The predicted octanol–water partition coefficient (Wildman–Crippen LogP) is 7.99. The Morgan fingerprint density at radius 2 is 1.37 bits per heavy atom. The molecule has 0 bridgehead atoms. The van der Waals surface area contributed by atoms with Crippen LogP contribution >= 0.6 is 11.8 Å². The SMILES string of the molecule is Cc1ccc(C)c(OCCSc2nc(-c3ccccc3)c(-c3ccccc3)n2-c2ccccc2)c1. The number of para-hydroxylation sites is 1. The average molecular weight is 477 g/mol. The summed E-state index contributed by atoms with van der Waals surface area (Å²) in [5.41, 5.74) is 7.79. The van der Waals surface area contributed by atoms with Crippen molar-refractivity contribution in [1.29, 1.82) is 0 Å². The molecule has 5 aromatic rings. The van der Waals surface area contributed by atoms with Gasteiger partial charge in [0, 0.05) is 22.6 Å². The second-order valence-electron chi connectivity index (χ2n) is 8.46. The molecule has 0 fully saturated rings. The third kappa shape index (κ3) is 5.18. The van der Waals surface area contributed by atoms with Crippen LogP contribution in [0.5, 0.6) is 5.75 Å². The van der Waals surface area contributed by atoms with Gasteiger partial charge in [0.1, 0.15) is 5.75 Å². The summed E-state index contributed by atoms with van der Waals surface area (Å²) in [5.74, 6) is 1.74. The highest BCUT2D eigenvalue weighted by atomic mass is 32.2. The Bertz CT molecular complexity index is 1400. The van der Waals surface area contributed by atoms with Crippen molar-refractivity contribution in [1.82, 2.24) is 9.55 Å². The Morgan fingerprint density at radius 1 is 0.743 bits per heavy atom. The number of benzene rings is 4. The van der Waals surface area contributed by atoms with Gasteiger partial charge in [0.25, 0.3) is 0 Å². The molecule has 0 aliphatic rings. The Labute approximate surface area is 211 Å². The van der Waals surface area contributed by atoms with E-state index in [0.717, 1.165) is 50.4 Å². The molecule has 0 atom stereocenters. The maximum Gasteiger partial charge on any atom is 0.173 e. The molecule has 1 aromatic heterocycles. The number of thioether (sulfide) groups is 1. The molecule has 0 saturated carbocycles. The van der Waals surface area contributed by atoms with Crippen LogP contribution in [-0.4, -0.2) is 21.9 Å². The highest BCUT2D eigenvalue weighted by Crippen LogP contribution is 2.38. The average Bonchev–Trinajstić information content (AvgIpc) is 3.29. The molecule has 3 nitrogen and oxygen atoms in total. The zero-order valence-electron chi connectivity index (χ0n) is 20.0. The number of hydrogen-bond acceptors (Lipinski definition) is 3. The molecule has 0 spiro atoms. The molecule has 0 aliphatic carbocycles. The number of ether oxygens (including phenoxy) is 1. The zero-order chi connectivity index (χ0) is 24.0. The maximum atomic E-state index is 6.13. The number of nitrogens with zero attached hydrogens (tertiary/aromatic N) is 2. The molecule has 4 heteroatoms. The lowest BCUT2D eigenvalue weighted by molar-refractivity contribution is 0.341. The standard InChI is InChI=1S/C31H28N2OS/c1-23-18-19-24(2)28(22-23)34-20-21-35-31-32-29(25-12-6-3-7-13-25)30(26-14-8-4-9-15-26)33(31)27-16-10-5-11-17-27/h3-19,22H,20-21H2,1-2H3. The van der Waals surface area contributed by atoms with Gasteiger partial charge in [0.05, 0.1) is 18.0 Å². The Morgan fingerprint density at radius 3 is 2.06 bits per heavy atom. The van der Waals surface area contributed by atoms with Crippen molar-refractivity contribution in [2.45, 2.75) is 19.0 Å². The van der Waals surface area contributed by atoms with E-state index < -0.39 is 0 Å². The van der Waals surface area contributed by atoms with E-state index in [-0.39, 0.29) is 0 Å². The summed E-state index contributed by atoms with van der Waals surface area (Å²) in [6.45, 7) is 4.79. The fourth-order valence-electron chi connectivity index (χ4n) is 4.12. The first-order valence-electron chi connectivity index (χ1n) is 11.8. The Hall–Kier alpha value is -3.76. The summed E-state index contributed by atoms with van der Waals surface area (Å²) in [5, 5.41) is 0.957. The number of aromatic nitrogens is 2. The highest BCUT2D eigenvalue weighted by molar-refractivity contribution is 7.99. The molecule has 0 N–H and O–H groups in total. The van der Waals surface area contributed by atoms with Crippen molar-refractivity contribution in [2.75, 3.05) is 12.4 Å². The summed E-state index contributed by atoms with van der Waals surface area (Å²) in [4.78, 5) is 5.18. The highest BCUT2D eigenvalue weighted by Gasteiger charge is 2.21. The first kappa shape index (κ1) is 23.0. The molecule has 0 saturated heterocycles. The minimum absolute atomic E-state index is 0.609. The van der Waals surface area contributed by atoms with Crippen molar-refractivity contribution >= 4 is 11.8 Å². The second kappa shape index (κ2) is 10.7. The number of aryl methyl sites for hydroxylation is 2. The van der Waals surface area contributed by atoms with Gasteiger partial charge < -0.3 is 4.74 Å². The Balaban J connectivity index is 1.53. The van der Waals surface area contributed by atoms with E-state index in [4.69, 9.17) is 9.72 Å². The molecule has 0 radical (unpaired) electrons. The molecular formula is C31H28N2OS. The quantitative estimate of drug-likeness (QED) is 0.168. The monoisotopic (exact) mass is 476 g/mol. The molecule has 4 aromatic carbocycles. The van der Waals surface area contributed by atoms with E-state index in [1.165, 1.54) is 5.56 Å². The van der Waals surface area contributed by atoms with E-state index in [2.05, 4.69) is 115 Å². The summed E-state index contributed by atoms with van der Waals surface area (Å²) >= 11 is 1.72. The Kier molecular flexibility index (Phi) is 7.01. The van der Waals surface area contributed by atoms with Crippen molar-refractivity contribution in [2.24, 2.45) is 0 Å². The van der Waals surface area contributed by atoms with Gasteiger partial charge in [-0.25, -0.2) is 4.98 Å². The van der Waals surface area contributed by atoms with Gasteiger partial charge in [-0.05, 0) is 43.2 Å². The minimum Gasteiger partial charge on any atom is -0.492 e. The summed E-state index contributed by atoms with van der Waals surface area (Å²) in [7, 11) is 0. The molecule has 35 heavy (non-hydrogen) atoms. The van der Waals surface area contributed by atoms with Gasteiger partial charge in [0.15, 0.2) is 5.16 Å². The third-order valence-corrected chi connectivity index (χ3v) is 6.77. The lowest BCUT2D eigenvalue weighted by Gasteiger charge is -2.14. The molecule has 174 valence electrons. The van der Waals surface area contributed by atoms with Crippen molar-refractivity contribution in [3.8, 4) is 34.0 Å². The molecule has 0 unspecified atom stereocenters. The van der Waals surface area contributed by atoms with Crippen LogP contribution in [0.1, 0.15) is 11.1 Å². The maximum absolute atomic E-state index is 6.13. The summed E-state index contributed by atoms with van der Waals surface area (Å²) in [6.07, 6.45) is 0. The zero-order valence-corrected chi connectivity index (χ0v) is 20.8. The molecule has 0 aliphatic heterocycles. The molecule has 1 heterocycles. The largest absolute Gasteiger partial charge is 0.492 e. The van der Waals surface area contributed by atoms with Crippen LogP contribution in [-0.2, 0) is 0 Å².